The van der Waals surface area contributed by atoms with Crippen LogP contribution in [0.3, 0.4) is 0 Å². The minimum atomic E-state index is -1.07. The molecular weight excluding hydrogens is 258 g/mol. The molecule has 0 spiro atoms. The Hall–Kier alpha value is -2.63. The SMILES string of the molecule is CC[C@@H](NC(=O)c1cc(N)c2ccccc2n1)C(=O)O. The molecule has 6 heteroatoms. The van der Waals surface area contributed by atoms with Crippen LogP contribution in [0.15, 0.2) is 30.3 Å². The number of nitrogens with two attached hydrogens (primary N) is 1. The molecule has 0 aliphatic carbocycles. The molecule has 1 aromatic carbocycles. The van der Waals surface area contributed by atoms with Gasteiger partial charge >= 0.3 is 5.97 Å². The van der Waals surface area contributed by atoms with Crippen molar-refractivity contribution in [2.75, 3.05) is 5.73 Å². The van der Waals surface area contributed by atoms with Gasteiger partial charge in [0.15, 0.2) is 0 Å². The summed E-state index contributed by atoms with van der Waals surface area (Å²) in [7, 11) is 0. The maximum atomic E-state index is 12.0. The van der Waals surface area contributed by atoms with Crippen LogP contribution in [0, 0.1) is 0 Å². The zero-order valence-electron chi connectivity index (χ0n) is 11.0. The van der Waals surface area contributed by atoms with Crippen LogP contribution >= 0.6 is 0 Å². The smallest absolute Gasteiger partial charge is 0.326 e. The number of hydrogen-bond donors (Lipinski definition) is 3. The summed E-state index contributed by atoms with van der Waals surface area (Å²) in [4.78, 5) is 27.1. The van der Waals surface area contributed by atoms with Gasteiger partial charge in [-0.1, -0.05) is 25.1 Å². The van der Waals surface area contributed by atoms with Crippen LogP contribution in [0.1, 0.15) is 23.8 Å². The molecule has 0 fully saturated rings. The number of carbonyl (C=O) groups is 2. The van der Waals surface area contributed by atoms with Crippen LogP contribution in [0.25, 0.3) is 10.9 Å². The van der Waals surface area contributed by atoms with Gasteiger partial charge in [0.1, 0.15) is 11.7 Å². The van der Waals surface area contributed by atoms with Crippen molar-refractivity contribution >= 4 is 28.5 Å². The predicted molar refractivity (Wildman–Crippen MR) is 75.3 cm³/mol. The first-order chi connectivity index (χ1) is 9.52. The van der Waals surface area contributed by atoms with Crippen molar-refractivity contribution in [1.82, 2.24) is 10.3 Å². The van der Waals surface area contributed by atoms with E-state index in [1.54, 1.807) is 19.1 Å². The van der Waals surface area contributed by atoms with Gasteiger partial charge in [-0.25, -0.2) is 9.78 Å². The van der Waals surface area contributed by atoms with E-state index in [0.717, 1.165) is 5.39 Å². The molecule has 0 unspecified atom stereocenters. The number of carboxylic acids is 1. The van der Waals surface area contributed by atoms with Gasteiger partial charge < -0.3 is 16.2 Å². The maximum absolute atomic E-state index is 12.0. The number of carboxylic acid groups (broad SMARTS) is 1. The van der Waals surface area contributed by atoms with Crippen LogP contribution in [0.5, 0.6) is 0 Å². The van der Waals surface area contributed by atoms with Gasteiger partial charge in [0, 0.05) is 11.1 Å². The lowest BCUT2D eigenvalue weighted by atomic mass is 10.1. The monoisotopic (exact) mass is 273 g/mol. The second-order valence-corrected chi connectivity index (χ2v) is 4.39. The minimum Gasteiger partial charge on any atom is -0.480 e. The Balaban J connectivity index is 2.33. The number of aromatic nitrogens is 1. The summed E-state index contributed by atoms with van der Waals surface area (Å²) in [6.07, 6.45) is 0.296. The molecule has 20 heavy (non-hydrogen) atoms. The number of anilines is 1. The van der Waals surface area contributed by atoms with E-state index in [0.29, 0.717) is 17.6 Å². The molecule has 0 bridgehead atoms. The van der Waals surface area contributed by atoms with Gasteiger partial charge in [-0.15, -0.1) is 0 Å². The lowest BCUT2D eigenvalue weighted by Crippen LogP contribution is -2.40. The lowest BCUT2D eigenvalue weighted by Gasteiger charge is -2.12. The highest BCUT2D eigenvalue weighted by molar-refractivity contribution is 6.00. The second kappa shape index (κ2) is 5.56. The Labute approximate surface area is 115 Å². The third-order valence-corrected chi connectivity index (χ3v) is 2.99. The van der Waals surface area contributed by atoms with Crippen LogP contribution < -0.4 is 11.1 Å². The largest absolute Gasteiger partial charge is 0.480 e. The molecule has 1 heterocycles. The van der Waals surface area contributed by atoms with Gasteiger partial charge in [-0.05, 0) is 18.6 Å². The number of para-hydroxylation sites is 1. The molecule has 0 saturated heterocycles. The van der Waals surface area contributed by atoms with Crippen molar-refractivity contribution in [2.45, 2.75) is 19.4 Å². The zero-order chi connectivity index (χ0) is 14.7. The maximum Gasteiger partial charge on any atom is 0.326 e. The summed E-state index contributed by atoms with van der Waals surface area (Å²) in [5, 5.41) is 12.1. The number of carbonyl (C=O) groups excluding carboxylic acids is 1. The van der Waals surface area contributed by atoms with E-state index in [4.69, 9.17) is 10.8 Å². The minimum absolute atomic E-state index is 0.112. The molecule has 0 aliphatic rings. The fourth-order valence-electron chi connectivity index (χ4n) is 1.89. The lowest BCUT2D eigenvalue weighted by molar-refractivity contribution is -0.139. The van der Waals surface area contributed by atoms with E-state index in [2.05, 4.69) is 10.3 Å². The van der Waals surface area contributed by atoms with Crippen LogP contribution in [-0.2, 0) is 4.79 Å². The number of amides is 1. The molecule has 0 saturated carbocycles. The van der Waals surface area contributed by atoms with Crippen molar-refractivity contribution in [2.24, 2.45) is 0 Å². The second-order valence-electron chi connectivity index (χ2n) is 4.39. The fourth-order valence-corrected chi connectivity index (χ4v) is 1.89. The molecule has 2 aromatic rings. The number of benzene rings is 1. The Morgan fingerprint density at radius 1 is 1.40 bits per heavy atom. The van der Waals surface area contributed by atoms with Gasteiger partial charge in [0.25, 0.3) is 5.91 Å². The van der Waals surface area contributed by atoms with E-state index in [1.807, 2.05) is 12.1 Å². The third-order valence-electron chi connectivity index (χ3n) is 2.99. The number of fused-ring (bicyclic) bond motifs is 1. The Kier molecular flexibility index (Phi) is 3.84. The quantitative estimate of drug-likeness (QED) is 0.781. The summed E-state index contributed by atoms with van der Waals surface area (Å²) in [6, 6.07) is 7.70. The molecule has 0 aliphatic heterocycles. The number of pyridine rings is 1. The highest BCUT2D eigenvalue weighted by Gasteiger charge is 2.19. The molecule has 2 rings (SSSR count). The number of hydrogen-bond acceptors (Lipinski definition) is 4. The summed E-state index contributed by atoms with van der Waals surface area (Å²) < 4.78 is 0. The summed E-state index contributed by atoms with van der Waals surface area (Å²) in [6.45, 7) is 1.68. The van der Waals surface area contributed by atoms with Crippen molar-refractivity contribution in [3.8, 4) is 0 Å². The molecule has 1 amide bonds. The summed E-state index contributed by atoms with van der Waals surface area (Å²) in [5.41, 5.74) is 7.03. The number of nitrogens with zero attached hydrogens (tertiary/aromatic N) is 1. The van der Waals surface area contributed by atoms with Crippen LogP contribution in [0.4, 0.5) is 5.69 Å². The van der Waals surface area contributed by atoms with Gasteiger partial charge in [-0.3, -0.25) is 4.79 Å². The van der Waals surface area contributed by atoms with E-state index in [9.17, 15) is 9.59 Å². The average molecular weight is 273 g/mol. The number of nitrogen functional groups attached to an aromatic ring is 1. The molecule has 104 valence electrons. The van der Waals surface area contributed by atoms with Crippen molar-refractivity contribution in [3.05, 3.63) is 36.0 Å². The van der Waals surface area contributed by atoms with E-state index in [-0.39, 0.29) is 5.69 Å². The first-order valence-corrected chi connectivity index (χ1v) is 6.22. The topological polar surface area (TPSA) is 105 Å². The Morgan fingerprint density at radius 3 is 2.75 bits per heavy atom. The first kappa shape index (κ1) is 13.8. The van der Waals surface area contributed by atoms with Gasteiger partial charge in [0.05, 0.1) is 5.52 Å². The molecular formula is C14H15N3O3. The van der Waals surface area contributed by atoms with Crippen molar-refractivity contribution in [3.63, 3.8) is 0 Å². The Morgan fingerprint density at radius 2 is 2.10 bits per heavy atom. The van der Waals surface area contributed by atoms with Crippen LogP contribution in [0.2, 0.25) is 0 Å². The van der Waals surface area contributed by atoms with Crippen molar-refractivity contribution < 1.29 is 14.7 Å². The molecule has 1 aromatic heterocycles. The summed E-state index contributed by atoms with van der Waals surface area (Å²) in [5.74, 6) is -1.62. The van der Waals surface area contributed by atoms with Crippen LogP contribution in [-0.4, -0.2) is 28.0 Å². The molecule has 1 atom stereocenters. The fraction of sp³-hybridized carbons (Fsp3) is 0.214. The van der Waals surface area contributed by atoms with Gasteiger partial charge in [-0.2, -0.15) is 0 Å². The summed E-state index contributed by atoms with van der Waals surface area (Å²) >= 11 is 0. The predicted octanol–water partition coefficient (Wildman–Crippen LogP) is 1.41. The van der Waals surface area contributed by atoms with Crippen molar-refractivity contribution in [1.29, 1.82) is 0 Å². The standard InChI is InChI=1S/C14H15N3O3/c1-2-10(14(19)20)17-13(18)12-7-9(15)8-5-3-4-6-11(8)16-12/h3-7,10H,2H2,1H3,(H2,15,16)(H,17,18)(H,19,20)/t10-/m1/s1. The van der Waals surface area contributed by atoms with E-state index < -0.39 is 17.9 Å². The van der Waals surface area contributed by atoms with E-state index >= 15 is 0 Å². The molecule has 4 N–H and O–H groups in total. The number of nitrogens with one attached hydrogen (secondary N) is 1. The molecule has 6 nitrogen and oxygen atoms in total. The highest BCUT2D eigenvalue weighted by atomic mass is 16.4. The third kappa shape index (κ3) is 2.69. The molecule has 0 radical (unpaired) electrons. The highest BCUT2D eigenvalue weighted by Crippen LogP contribution is 2.20. The number of rotatable bonds is 4. The van der Waals surface area contributed by atoms with E-state index in [1.165, 1.54) is 6.07 Å². The van der Waals surface area contributed by atoms with Gasteiger partial charge in [0.2, 0.25) is 0 Å². The normalized spacial score (nSPS) is 12.1. The average Bonchev–Trinajstić information content (AvgIpc) is 2.44. The zero-order valence-corrected chi connectivity index (χ0v) is 11.0. The first-order valence-electron chi connectivity index (χ1n) is 6.22. The number of aliphatic carboxylic acids is 1. The Bertz CT molecular complexity index is 670.